The van der Waals surface area contributed by atoms with Crippen molar-refractivity contribution in [2.24, 2.45) is 0 Å². The molecule has 4 nitrogen and oxygen atoms in total. The van der Waals surface area contributed by atoms with Gasteiger partial charge >= 0.3 is 10.4 Å². The van der Waals surface area contributed by atoms with Crippen LogP contribution in [0.2, 0.25) is 0 Å². The lowest BCUT2D eigenvalue weighted by atomic mass is 10.1. The summed E-state index contributed by atoms with van der Waals surface area (Å²) < 4.78 is 33.1. The molecule has 0 amide bonds. The van der Waals surface area contributed by atoms with Crippen LogP contribution in [0.5, 0.6) is 0 Å². The predicted molar refractivity (Wildman–Crippen MR) is 111 cm³/mol. The van der Waals surface area contributed by atoms with Gasteiger partial charge in [-0.25, -0.2) is 8.37 Å². The predicted octanol–water partition coefficient (Wildman–Crippen LogP) is 6.94. The van der Waals surface area contributed by atoms with Gasteiger partial charge in [-0.3, -0.25) is 0 Å². The van der Waals surface area contributed by atoms with Crippen LogP contribution < -0.4 is 0 Å². The van der Waals surface area contributed by atoms with Crippen molar-refractivity contribution < 1.29 is 16.8 Å². The lowest BCUT2D eigenvalue weighted by molar-refractivity contribution is 0.208. The highest BCUT2D eigenvalue weighted by Crippen LogP contribution is 2.11. The van der Waals surface area contributed by atoms with Gasteiger partial charge in [0.05, 0.1) is 13.2 Å². The summed E-state index contributed by atoms with van der Waals surface area (Å²) in [5, 5.41) is 0. The van der Waals surface area contributed by atoms with Crippen molar-refractivity contribution in [3.05, 3.63) is 0 Å². The molecule has 0 radical (unpaired) electrons. The van der Waals surface area contributed by atoms with E-state index < -0.39 is 10.4 Å². The maximum absolute atomic E-state index is 11.6. The van der Waals surface area contributed by atoms with Crippen LogP contribution in [0.3, 0.4) is 0 Å². The minimum Gasteiger partial charge on any atom is -0.248 e. The van der Waals surface area contributed by atoms with Crippen LogP contribution in [0.15, 0.2) is 0 Å². The van der Waals surface area contributed by atoms with Crippen molar-refractivity contribution in [3.8, 4) is 0 Å². The van der Waals surface area contributed by atoms with Gasteiger partial charge in [0.25, 0.3) is 0 Å². The van der Waals surface area contributed by atoms with E-state index in [1.807, 2.05) is 0 Å². The van der Waals surface area contributed by atoms with Crippen LogP contribution in [-0.4, -0.2) is 21.6 Å². The molecule has 0 rings (SSSR count). The van der Waals surface area contributed by atoms with Gasteiger partial charge in [0.1, 0.15) is 0 Å². The Balaban J connectivity index is 3.34. The summed E-state index contributed by atoms with van der Waals surface area (Å²) in [6.07, 6.45) is 20.2. The Morgan fingerprint density at radius 1 is 0.462 bits per heavy atom. The van der Waals surface area contributed by atoms with Crippen molar-refractivity contribution in [1.82, 2.24) is 0 Å². The van der Waals surface area contributed by atoms with Crippen molar-refractivity contribution in [2.75, 3.05) is 13.2 Å². The summed E-state index contributed by atoms with van der Waals surface area (Å²) in [6.45, 7) is 4.94. The quantitative estimate of drug-likeness (QED) is 0.199. The van der Waals surface area contributed by atoms with Crippen molar-refractivity contribution in [2.45, 2.75) is 123 Å². The third-order valence-electron chi connectivity index (χ3n) is 4.70. The first-order valence-corrected chi connectivity index (χ1v) is 12.5. The minimum absolute atomic E-state index is 0.245. The molecule has 0 heterocycles. The molecule has 0 aliphatic carbocycles. The van der Waals surface area contributed by atoms with Crippen molar-refractivity contribution >= 4 is 10.4 Å². The average Bonchev–Trinajstić information content (AvgIpc) is 2.62. The molecule has 5 heteroatoms. The maximum atomic E-state index is 11.6. The molecule has 0 aromatic heterocycles. The third-order valence-corrected chi connectivity index (χ3v) is 5.61. The Hall–Kier alpha value is -0.130. The zero-order valence-electron chi connectivity index (χ0n) is 17.5. The summed E-state index contributed by atoms with van der Waals surface area (Å²) in [7, 11) is -3.79. The third kappa shape index (κ3) is 20.2. The molecular formula is C21H44O4S. The molecule has 0 aliphatic heterocycles. The fraction of sp³-hybridized carbons (Fsp3) is 1.00. The van der Waals surface area contributed by atoms with Gasteiger partial charge in [0, 0.05) is 0 Å². The normalized spacial score (nSPS) is 11.9. The molecule has 158 valence electrons. The van der Waals surface area contributed by atoms with E-state index in [9.17, 15) is 8.42 Å². The number of hydrogen-bond acceptors (Lipinski definition) is 4. The van der Waals surface area contributed by atoms with Gasteiger partial charge in [-0.15, -0.1) is 0 Å². The highest BCUT2D eigenvalue weighted by atomic mass is 32.3. The van der Waals surface area contributed by atoms with E-state index in [1.54, 1.807) is 0 Å². The molecule has 0 aromatic carbocycles. The number of unbranched alkanes of at least 4 members (excludes halogenated alkanes) is 15. The SMILES string of the molecule is CCCCCCCCCCCOS(=O)(=O)OCCCCCCCCCC. The first-order chi connectivity index (χ1) is 12.6. The second-order valence-corrected chi connectivity index (χ2v) is 8.64. The van der Waals surface area contributed by atoms with E-state index in [1.165, 1.54) is 70.6 Å². The minimum atomic E-state index is -3.79. The van der Waals surface area contributed by atoms with E-state index >= 15 is 0 Å². The van der Waals surface area contributed by atoms with E-state index in [4.69, 9.17) is 8.37 Å². The van der Waals surface area contributed by atoms with E-state index in [0.29, 0.717) is 0 Å². The summed E-state index contributed by atoms with van der Waals surface area (Å²) in [5.41, 5.74) is 0. The number of rotatable bonds is 21. The largest absolute Gasteiger partial charge is 0.399 e. The zero-order valence-corrected chi connectivity index (χ0v) is 18.3. The van der Waals surface area contributed by atoms with Gasteiger partial charge < -0.3 is 0 Å². The van der Waals surface area contributed by atoms with Crippen LogP contribution in [0, 0.1) is 0 Å². The first kappa shape index (κ1) is 25.9. The standard InChI is InChI=1S/C21H44O4S/c1-3-5-7-9-11-13-15-17-19-21-25-26(22,23)24-20-18-16-14-12-10-8-6-4-2/h3-21H2,1-2H3. The fourth-order valence-corrected chi connectivity index (χ4v) is 3.72. The fourth-order valence-electron chi connectivity index (χ4n) is 3.00. The Kier molecular flexibility index (Phi) is 19.5. The van der Waals surface area contributed by atoms with Gasteiger partial charge in [0.2, 0.25) is 0 Å². The van der Waals surface area contributed by atoms with Crippen LogP contribution in [0.25, 0.3) is 0 Å². The Labute approximate surface area is 163 Å². The lowest BCUT2D eigenvalue weighted by Gasteiger charge is -2.06. The molecule has 0 bridgehead atoms. The van der Waals surface area contributed by atoms with Gasteiger partial charge in [-0.2, -0.15) is 8.42 Å². The van der Waals surface area contributed by atoms with Crippen LogP contribution in [0.1, 0.15) is 123 Å². The Morgan fingerprint density at radius 3 is 1.04 bits per heavy atom. The molecule has 0 saturated heterocycles. The van der Waals surface area contributed by atoms with Crippen molar-refractivity contribution in [3.63, 3.8) is 0 Å². The smallest absolute Gasteiger partial charge is 0.248 e. The highest BCUT2D eigenvalue weighted by molar-refractivity contribution is 7.81. The van der Waals surface area contributed by atoms with Crippen molar-refractivity contribution in [1.29, 1.82) is 0 Å². The van der Waals surface area contributed by atoms with E-state index in [2.05, 4.69) is 13.8 Å². The summed E-state index contributed by atoms with van der Waals surface area (Å²) >= 11 is 0. The molecule has 26 heavy (non-hydrogen) atoms. The van der Waals surface area contributed by atoms with Gasteiger partial charge in [-0.1, -0.05) is 110 Å². The first-order valence-electron chi connectivity index (χ1n) is 11.2. The average molecular weight is 393 g/mol. The molecule has 0 spiro atoms. The highest BCUT2D eigenvalue weighted by Gasteiger charge is 2.10. The lowest BCUT2D eigenvalue weighted by Crippen LogP contribution is -2.12. The molecule has 0 fully saturated rings. The second-order valence-electron chi connectivity index (χ2n) is 7.36. The maximum Gasteiger partial charge on any atom is 0.399 e. The molecule has 0 atom stereocenters. The molecule has 0 N–H and O–H groups in total. The molecule has 0 aliphatic rings. The molecule has 0 saturated carbocycles. The second kappa shape index (κ2) is 19.6. The Morgan fingerprint density at radius 2 is 0.731 bits per heavy atom. The summed E-state index contributed by atoms with van der Waals surface area (Å²) in [5.74, 6) is 0. The summed E-state index contributed by atoms with van der Waals surface area (Å²) in [6, 6.07) is 0. The van der Waals surface area contributed by atoms with Crippen LogP contribution >= 0.6 is 0 Å². The van der Waals surface area contributed by atoms with Gasteiger partial charge in [0.15, 0.2) is 0 Å². The van der Waals surface area contributed by atoms with E-state index in [-0.39, 0.29) is 13.2 Å². The number of hydrogen-bond donors (Lipinski definition) is 0. The summed E-state index contributed by atoms with van der Waals surface area (Å²) in [4.78, 5) is 0. The molecule has 0 aromatic rings. The topological polar surface area (TPSA) is 52.6 Å². The molecular weight excluding hydrogens is 348 g/mol. The Bertz CT molecular complexity index is 368. The van der Waals surface area contributed by atoms with Gasteiger partial charge in [-0.05, 0) is 12.8 Å². The zero-order chi connectivity index (χ0) is 19.3. The van der Waals surface area contributed by atoms with E-state index in [0.717, 1.165) is 38.5 Å². The molecule has 0 unspecified atom stereocenters. The monoisotopic (exact) mass is 392 g/mol. The van der Waals surface area contributed by atoms with Crippen LogP contribution in [0.4, 0.5) is 0 Å². The van der Waals surface area contributed by atoms with Crippen LogP contribution in [-0.2, 0) is 18.8 Å².